The molecule has 0 saturated carbocycles. The fourth-order valence-corrected chi connectivity index (χ4v) is 2.52. The van der Waals surface area contributed by atoms with E-state index in [1.165, 1.54) is 0 Å². The van der Waals surface area contributed by atoms with Gasteiger partial charge in [-0.1, -0.05) is 13.8 Å². The zero-order valence-corrected chi connectivity index (χ0v) is 8.70. The lowest BCUT2D eigenvalue weighted by atomic mass is 9.75. The van der Waals surface area contributed by atoms with Crippen LogP contribution in [-0.2, 0) is 12.0 Å². The second-order valence-electron chi connectivity index (χ2n) is 5.34. The van der Waals surface area contributed by atoms with E-state index in [1.54, 1.807) is 0 Å². The van der Waals surface area contributed by atoms with Crippen molar-refractivity contribution in [1.82, 2.24) is 20.2 Å². The topological polar surface area (TPSA) is 43.6 Å². The monoisotopic (exact) mass is 180 g/mol. The maximum absolute atomic E-state index is 4.05. The van der Waals surface area contributed by atoms with E-state index in [0.29, 0.717) is 5.41 Å². The van der Waals surface area contributed by atoms with E-state index in [-0.39, 0.29) is 5.54 Å². The Balaban J connectivity index is 2.48. The number of nitrogens with zero attached hydrogens (tertiary/aromatic N) is 4. The van der Waals surface area contributed by atoms with Gasteiger partial charge < -0.3 is 0 Å². The van der Waals surface area contributed by atoms with Crippen molar-refractivity contribution in [1.29, 1.82) is 0 Å². The average Bonchev–Trinajstić information content (AvgIpc) is 2.29. The van der Waals surface area contributed by atoms with Crippen LogP contribution < -0.4 is 0 Å². The van der Waals surface area contributed by atoms with Crippen molar-refractivity contribution in [2.75, 3.05) is 0 Å². The van der Waals surface area contributed by atoms with Gasteiger partial charge in [0.25, 0.3) is 0 Å². The highest BCUT2D eigenvalue weighted by molar-refractivity contribution is 5.00. The van der Waals surface area contributed by atoms with Gasteiger partial charge in [-0.05, 0) is 36.1 Å². The Kier molecular flexibility index (Phi) is 1.54. The molecule has 4 nitrogen and oxygen atoms in total. The van der Waals surface area contributed by atoms with Gasteiger partial charge in [-0.3, -0.25) is 0 Å². The molecule has 0 N–H and O–H groups in total. The van der Waals surface area contributed by atoms with Crippen LogP contribution in [0.25, 0.3) is 0 Å². The lowest BCUT2D eigenvalue weighted by Crippen LogP contribution is -2.41. The minimum atomic E-state index is 0.0561. The molecule has 0 atom stereocenters. The van der Waals surface area contributed by atoms with Crippen LogP contribution in [0.2, 0.25) is 0 Å². The van der Waals surface area contributed by atoms with Gasteiger partial charge in [0.15, 0.2) is 5.82 Å². The van der Waals surface area contributed by atoms with Crippen LogP contribution in [0.1, 0.15) is 39.9 Å². The number of fused-ring (bicyclic) bond motifs is 1. The van der Waals surface area contributed by atoms with Crippen LogP contribution in [0.3, 0.4) is 0 Å². The van der Waals surface area contributed by atoms with Gasteiger partial charge >= 0.3 is 0 Å². The molecule has 0 radical (unpaired) electrons. The van der Waals surface area contributed by atoms with E-state index < -0.39 is 0 Å². The van der Waals surface area contributed by atoms with Gasteiger partial charge in [0.1, 0.15) is 0 Å². The molecular weight excluding hydrogens is 164 g/mol. The Hall–Kier alpha value is -0.930. The first-order valence-electron chi connectivity index (χ1n) is 4.69. The Morgan fingerprint density at radius 2 is 1.92 bits per heavy atom. The van der Waals surface area contributed by atoms with Gasteiger partial charge in [0.2, 0.25) is 0 Å². The molecule has 0 spiro atoms. The predicted octanol–water partition coefficient (Wildman–Crippen LogP) is 1.38. The largest absolute Gasteiger partial charge is 0.224 e. The molecule has 1 aliphatic heterocycles. The molecule has 0 bridgehead atoms. The molecule has 72 valence electrons. The van der Waals surface area contributed by atoms with Crippen molar-refractivity contribution in [3.63, 3.8) is 0 Å². The average molecular weight is 180 g/mol. The normalized spacial score (nSPS) is 24.0. The predicted molar refractivity (Wildman–Crippen MR) is 49.2 cm³/mol. The highest BCUT2D eigenvalue weighted by Crippen LogP contribution is 2.39. The van der Waals surface area contributed by atoms with Crippen molar-refractivity contribution < 1.29 is 0 Å². The fourth-order valence-electron chi connectivity index (χ4n) is 2.52. The molecule has 2 heterocycles. The van der Waals surface area contributed by atoms with Crippen molar-refractivity contribution in [3.8, 4) is 0 Å². The summed E-state index contributed by atoms with van der Waals surface area (Å²) in [6.45, 7) is 8.92. The molecule has 2 rings (SSSR count). The minimum absolute atomic E-state index is 0.0561. The Morgan fingerprint density at radius 1 is 1.23 bits per heavy atom. The zero-order valence-electron chi connectivity index (χ0n) is 8.70. The third kappa shape index (κ3) is 1.34. The first-order valence-corrected chi connectivity index (χ1v) is 4.69. The Bertz CT molecular complexity index is 324. The van der Waals surface area contributed by atoms with E-state index in [4.69, 9.17) is 0 Å². The summed E-state index contributed by atoms with van der Waals surface area (Å²) in [4.78, 5) is 0. The van der Waals surface area contributed by atoms with Crippen molar-refractivity contribution >= 4 is 0 Å². The van der Waals surface area contributed by atoms with Crippen LogP contribution in [-0.4, -0.2) is 20.2 Å². The molecule has 0 fully saturated rings. The summed E-state index contributed by atoms with van der Waals surface area (Å²) >= 11 is 0. The SMILES string of the molecule is CC1(C)Cc2nnnn2C(C)(C)C1. The van der Waals surface area contributed by atoms with Crippen LogP contribution in [0.5, 0.6) is 0 Å². The fraction of sp³-hybridized carbons (Fsp3) is 0.889. The molecule has 0 saturated heterocycles. The summed E-state index contributed by atoms with van der Waals surface area (Å²) < 4.78 is 1.96. The van der Waals surface area contributed by atoms with Crippen molar-refractivity contribution in [2.45, 2.75) is 46.1 Å². The van der Waals surface area contributed by atoms with E-state index in [1.807, 2.05) is 4.68 Å². The van der Waals surface area contributed by atoms with Crippen LogP contribution >= 0.6 is 0 Å². The number of aromatic nitrogens is 4. The number of hydrogen-bond acceptors (Lipinski definition) is 3. The van der Waals surface area contributed by atoms with Crippen LogP contribution in [0, 0.1) is 5.41 Å². The first-order chi connectivity index (χ1) is 5.91. The van der Waals surface area contributed by atoms with Gasteiger partial charge in [0.05, 0.1) is 5.54 Å². The first kappa shape index (κ1) is 8.66. The molecule has 4 heteroatoms. The summed E-state index contributed by atoms with van der Waals surface area (Å²) in [6, 6.07) is 0. The van der Waals surface area contributed by atoms with E-state index in [9.17, 15) is 0 Å². The number of tetrazole rings is 1. The molecule has 1 aromatic heterocycles. The summed E-state index contributed by atoms with van der Waals surface area (Å²) in [5.74, 6) is 1.02. The van der Waals surface area contributed by atoms with E-state index in [0.717, 1.165) is 18.7 Å². The number of rotatable bonds is 0. The van der Waals surface area contributed by atoms with Gasteiger partial charge in [-0.25, -0.2) is 4.68 Å². The quantitative estimate of drug-likeness (QED) is 0.606. The molecule has 0 aromatic carbocycles. The van der Waals surface area contributed by atoms with Crippen LogP contribution in [0.4, 0.5) is 0 Å². The van der Waals surface area contributed by atoms with E-state index >= 15 is 0 Å². The molecule has 0 aliphatic carbocycles. The summed E-state index contributed by atoms with van der Waals surface area (Å²) in [7, 11) is 0. The maximum atomic E-state index is 4.05. The third-order valence-corrected chi connectivity index (χ3v) is 2.66. The third-order valence-electron chi connectivity index (χ3n) is 2.66. The molecular formula is C9H16N4. The highest BCUT2D eigenvalue weighted by atomic mass is 15.6. The van der Waals surface area contributed by atoms with Crippen molar-refractivity contribution in [2.24, 2.45) is 5.41 Å². The minimum Gasteiger partial charge on any atom is -0.224 e. The van der Waals surface area contributed by atoms with Crippen molar-refractivity contribution in [3.05, 3.63) is 5.82 Å². The lowest BCUT2D eigenvalue weighted by Gasteiger charge is -2.39. The second-order valence-corrected chi connectivity index (χ2v) is 5.34. The lowest BCUT2D eigenvalue weighted by molar-refractivity contribution is 0.136. The van der Waals surface area contributed by atoms with Crippen LogP contribution in [0.15, 0.2) is 0 Å². The zero-order chi connectivity index (χ0) is 9.69. The molecule has 13 heavy (non-hydrogen) atoms. The standard InChI is InChI=1S/C9H16N4/c1-8(2)5-7-10-11-12-13(7)9(3,4)6-8/h5-6H2,1-4H3. The molecule has 1 aliphatic rings. The molecule has 1 aromatic rings. The molecule has 0 unspecified atom stereocenters. The van der Waals surface area contributed by atoms with Gasteiger partial charge in [-0.2, -0.15) is 0 Å². The summed E-state index contributed by atoms with van der Waals surface area (Å²) in [5, 5.41) is 11.8. The number of hydrogen-bond donors (Lipinski definition) is 0. The summed E-state index contributed by atoms with van der Waals surface area (Å²) in [5.41, 5.74) is 0.370. The van der Waals surface area contributed by atoms with E-state index in [2.05, 4.69) is 43.2 Å². The smallest absolute Gasteiger partial charge is 0.152 e. The Morgan fingerprint density at radius 3 is 2.62 bits per heavy atom. The Labute approximate surface area is 78.3 Å². The summed E-state index contributed by atoms with van der Waals surface area (Å²) in [6.07, 6.45) is 2.10. The van der Waals surface area contributed by atoms with Gasteiger partial charge in [0, 0.05) is 6.42 Å². The second kappa shape index (κ2) is 2.30. The maximum Gasteiger partial charge on any atom is 0.152 e. The van der Waals surface area contributed by atoms with Gasteiger partial charge in [-0.15, -0.1) is 5.10 Å². The molecule has 0 amide bonds. The highest BCUT2D eigenvalue weighted by Gasteiger charge is 2.38.